The van der Waals surface area contributed by atoms with E-state index in [0.717, 1.165) is 22.5 Å². The minimum absolute atomic E-state index is 0.0609. The number of nitrogens with one attached hydrogen (secondary N) is 1. The molecule has 1 unspecified atom stereocenters. The lowest BCUT2D eigenvalue weighted by Gasteiger charge is -2.17. The van der Waals surface area contributed by atoms with Gasteiger partial charge in [-0.05, 0) is 37.1 Å². The van der Waals surface area contributed by atoms with Crippen LogP contribution in [0, 0.1) is 0 Å². The summed E-state index contributed by atoms with van der Waals surface area (Å²) in [5.74, 6) is -1.62. The van der Waals surface area contributed by atoms with Gasteiger partial charge in [0.1, 0.15) is 5.56 Å². The third-order valence-electron chi connectivity index (χ3n) is 5.15. The van der Waals surface area contributed by atoms with Crippen LogP contribution in [-0.2, 0) is 26.9 Å². The summed E-state index contributed by atoms with van der Waals surface area (Å²) in [7, 11) is 0. The maximum atomic E-state index is 13.3. The summed E-state index contributed by atoms with van der Waals surface area (Å²) in [5, 5.41) is 6.21. The predicted octanol–water partition coefficient (Wildman–Crippen LogP) is 3.22. The Balaban J connectivity index is 1.66. The molecule has 8 nitrogen and oxygen atoms in total. The number of amides is 2. The molecule has 1 aliphatic rings. The van der Waals surface area contributed by atoms with E-state index < -0.39 is 29.4 Å². The Bertz CT molecular complexity index is 1050. The van der Waals surface area contributed by atoms with Crippen molar-refractivity contribution >= 4 is 23.5 Å². The Morgan fingerprint density at radius 1 is 1.27 bits per heavy atom. The number of carbonyl (C=O) groups excluding carboxylic acids is 3. The normalized spacial score (nSPS) is 15.9. The van der Waals surface area contributed by atoms with Gasteiger partial charge in [-0.1, -0.05) is 18.7 Å². The van der Waals surface area contributed by atoms with Crippen molar-refractivity contribution in [3.05, 3.63) is 59.9 Å². The van der Waals surface area contributed by atoms with Gasteiger partial charge in [-0.15, -0.1) is 0 Å². The number of rotatable bonds is 7. The molecule has 0 aliphatic carbocycles. The van der Waals surface area contributed by atoms with Crippen LogP contribution in [0.3, 0.4) is 0 Å². The van der Waals surface area contributed by atoms with E-state index in [-0.39, 0.29) is 31.4 Å². The van der Waals surface area contributed by atoms with Crippen LogP contribution in [0.1, 0.15) is 41.0 Å². The average molecular weight is 464 g/mol. The zero-order valence-electron chi connectivity index (χ0n) is 17.9. The van der Waals surface area contributed by atoms with E-state index in [1.807, 2.05) is 0 Å². The van der Waals surface area contributed by atoms with Crippen molar-refractivity contribution in [3.63, 3.8) is 0 Å². The fraction of sp³-hybridized carbons (Fsp3) is 0.364. The number of hydrogen-bond acceptors (Lipinski definition) is 5. The summed E-state index contributed by atoms with van der Waals surface area (Å²) in [6.45, 7) is 5.34. The molecule has 2 heterocycles. The van der Waals surface area contributed by atoms with Crippen LogP contribution in [0.5, 0.6) is 0 Å². The van der Waals surface area contributed by atoms with Gasteiger partial charge < -0.3 is 15.0 Å². The monoisotopic (exact) mass is 464 g/mol. The number of benzene rings is 1. The molecular formula is C22H23F3N4O4. The van der Waals surface area contributed by atoms with Crippen LogP contribution in [-0.4, -0.2) is 52.2 Å². The molecular weight excluding hydrogens is 441 g/mol. The summed E-state index contributed by atoms with van der Waals surface area (Å²) < 4.78 is 45.8. The Labute approximate surface area is 188 Å². The SMILES string of the molecule is C=CC(=O)Nc1ccc(CC(=O)N2CCC(n3cc(C(=O)OCC)c(C(F)(F)F)n3)C2)cc1. The molecule has 1 aromatic heterocycles. The number of aromatic nitrogens is 2. The van der Waals surface area contributed by atoms with Crippen molar-refractivity contribution in [3.8, 4) is 0 Å². The summed E-state index contributed by atoms with van der Waals surface area (Å²) in [4.78, 5) is 37.5. The number of carbonyl (C=O) groups is 3. The molecule has 1 fully saturated rings. The molecule has 0 saturated carbocycles. The first kappa shape index (κ1) is 24.0. The number of halogens is 3. The molecule has 11 heteroatoms. The lowest BCUT2D eigenvalue weighted by Crippen LogP contribution is -2.30. The van der Waals surface area contributed by atoms with E-state index in [0.29, 0.717) is 18.7 Å². The van der Waals surface area contributed by atoms with Gasteiger partial charge in [0.15, 0.2) is 5.69 Å². The van der Waals surface area contributed by atoms with Crippen LogP contribution in [0.2, 0.25) is 0 Å². The topological polar surface area (TPSA) is 93.5 Å². The summed E-state index contributed by atoms with van der Waals surface area (Å²) in [6, 6.07) is 6.25. The standard InChI is InChI=1S/C22H23F3N4O4/c1-3-18(30)26-15-7-5-14(6-8-15)11-19(31)28-10-9-16(12-28)29-13-17(21(32)33-4-2)20(27-29)22(23,24)25/h3,5-8,13,16H,1,4,9-12H2,2H3,(H,26,30). The van der Waals surface area contributed by atoms with E-state index in [4.69, 9.17) is 4.74 Å². The maximum absolute atomic E-state index is 13.3. The summed E-state index contributed by atoms with van der Waals surface area (Å²) in [5.41, 5.74) is -0.649. The van der Waals surface area contributed by atoms with Crippen molar-refractivity contribution in [1.29, 1.82) is 0 Å². The van der Waals surface area contributed by atoms with E-state index in [1.54, 1.807) is 29.2 Å². The fourth-order valence-electron chi connectivity index (χ4n) is 3.52. The van der Waals surface area contributed by atoms with Crippen LogP contribution in [0.25, 0.3) is 0 Å². The number of esters is 1. The molecule has 1 aliphatic heterocycles. The zero-order valence-corrected chi connectivity index (χ0v) is 17.9. The van der Waals surface area contributed by atoms with E-state index >= 15 is 0 Å². The number of nitrogens with zero attached hydrogens (tertiary/aromatic N) is 3. The van der Waals surface area contributed by atoms with Gasteiger partial charge in [0.25, 0.3) is 0 Å². The molecule has 1 N–H and O–H groups in total. The van der Waals surface area contributed by atoms with Crippen molar-refractivity contribution in [2.45, 2.75) is 32.0 Å². The van der Waals surface area contributed by atoms with Crippen molar-refractivity contribution in [1.82, 2.24) is 14.7 Å². The van der Waals surface area contributed by atoms with Gasteiger partial charge in [-0.25, -0.2) is 4.79 Å². The Morgan fingerprint density at radius 2 is 1.97 bits per heavy atom. The van der Waals surface area contributed by atoms with Crippen LogP contribution in [0.4, 0.5) is 18.9 Å². The number of ether oxygens (including phenoxy) is 1. The lowest BCUT2D eigenvalue weighted by molar-refractivity contribution is -0.142. The second-order valence-electron chi connectivity index (χ2n) is 7.44. The molecule has 3 rings (SSSR count). The second-order valence-corrected chi connectivity index (χ2v) is 7.44. The third kappa shape index (κ3) is 5.79. The highest BCUT2D eigenvalue weighted by Crippen LogP contribution is 2.33. The minimum atomic E-state index is -4.81. The molecule has 1 saturated heterocycles. The molecule has 1 aromatic carbocycles. The number of alkyl halides is 3. The quantitative estimate of drug-likeness (QED) is 0.502. The first-order valence-electron chi connectivity index (χ1n) is 10.3. The first-order chi connectivity index (χ1) is 15.6. The second kappa shape index (κ2) is 9.88. The molecule has 33 heavy (non-hydrogen) atoms. The number of anilines is 1. The highest BCUT2D eigenvalue weighted by molar-refractivity contribution is 5.98. The fourth-order valence-corrected chi connectivity index (χ4v) is 3.52. The van der Waals surface area contributed by atoms with Gasteiger partial charge in [0.2, 0.25) is 11.8 Å². The maximum Gasteiger partial charge on any atom is 0.436 e. The molecule has 2 amide bonds. The van der Waals surface area contributed by atoms with Crippen molar-refractivity contribution in [2.75, 3.05) is 25.0 Å². The van der Waals surface area contributed by atoms with E-state index in [2.05, 4.69) is 17.0 Å². The number of likely N-dealkylation sites (tertiary alicyclic amines) is 1. The van der Waals surface area contributed by atoms with Crippen molar-refractivity contribution in [2.24, 2.45) is 0 Å². The average Bonchev–Trinajstić information content (AvgIpc) is 3.42. The summed E-state index contributed by atoms with van der Waals surface area (Å²) >= 11 is 0. The van der Waals surface area contributed by atoms with Crippen LogP contribution < -0.4 is 5.32 Å². The molecule has 0 radical (unpaired) electrons. The van der Waals surface area contributed by atoms with Gasteiger partial charge in [-0.3, -0.25) is 14.3 Å². The molecule has 2 aromatic rings. The first-order valence-corrected chi connectivity index (χ1v) is 10.3. The highest BCUT2D eigenvalue weighted by Gasteiger charge is 2.41. The van der Waals surface area contributed by atoms with E-state index in [1.165, 1.54) is 6.92 Å². The van der Waals surface area contributed by atoms with Crippen molar-refractivity contribution < 1.29 is 32.3 Å². The molecule has 0 spiro atoms. The zero-order chi connectivity index (χ0) is 24.2. The van der Waals surface area contributed by atoms with Crippen LogP contribution in [0.15, 0.2) is 43.1 Å². The summed E-state index contributed by atoms with van der Waals surface area (Å²) in [6.07, 6.45) is -2.12. The Morgan fingerprint density at radius 3 is 2.58 bits per heavy atom. The Hall–Kier alpha value is -3.63. The molecule has 0 bridgehead atoms. The highest BCUT2D eigenvalue weighted by atomic mass is 19.4. The van der Waals surface area contributed by atoms with Gasteiger partial charge in [-0.2, -0.15) is 18.3 Å². The Kier molecular flexibility index (Phi) is 7.19. The lowest BCUT2D eigenvalue weighted by atomic mass is 10.1. The molecule has 1 atom stereocenters. The van der Waals surface area contributed by atoms with Gasteiger partial charge in [0, 0.05) is 25.0 Å². The van der Waals surface area contributed by atoms with Gasteiger partial charge >= 0.3 is 12.1 Å². The number of hydrogen-bond donors (Lipinski definition) is 1. The van der Waals surface area contributed by atoms with Crippen LogP contribution >= 0.6 is 0 Å². The third-order valence-corrected chi connectivity index (χ3v) is 5.15. The minimum Gasteiger partial charge on any atom is -0.462 e. The molecule has 176 valence electrons. The van der Waals surface area contributed by atoms with E-state index in [9.17, 15) is 27.6 Å². The predicted molar refractivity (Wildman–Crippen MR) is 112 cm³/mol. The van der Waals surface area contributed by atoms with Gasteiger partial charge in [0.05, 0.1) is 19.1 Å². The largest absolute Gasteiger partial charge is 0.462 e. The smallest absolute Gasteiger partial charge is 0.436 e.